The molecule has 0 aliphatic heterocycles. The Morgan fingerprint density at radius 3 is 2.62 bits per heavy atom. The monoisotopic (exact) mass is 362 g/mol. The van der Waals surface area contributed by atoms with Crippen LogP contribution >= 0.6 is 15.9 Å². The molecule has 1 aromatic rings. The van der Waals surface area contributed by atoms with Gasteiger partial charge in [-0.25, -0.2) is 4.39 Å². The zero-order valence-electron chi connectivity index (χ0n) is 11.0. The number of aliphatic carboxylic acids is 1. The second-order valence-electron chi connectivity index (χ2n) is 4.27. The predicted octanol–water partition coefficient (Wildman–Crippen LogP) is 2.43. The number of carbonyl (C=O) groups excluding carboxylic acids is 1. The summed E-state index contributed by atoms with van der Waals surface area (Å²) in [6, 6.07) is 1.61. The van der Waals surface area contributed by atoms with Crippen LogP contribution in [0.15, 0.2) is 16.6 Å². The second kappa shape index (κ2) is 7.11. The van der Waals surface area contributed by atoms with Crippen molar-refractivity contribution in [3.8, 4) is 0 Å². The zero-order chi connectivity index (χ0) is 16.2. The smallest absolute Gasteiger partial charge is 0.303 e. The van der Waals surface area contributed by atoms with Crippen molar-refractivity contribution < 1.29 is 24.0 Å². The third-order valence-electron chi connectivity index (χ3n) is 2.68. The summed E-state index contributed by atoms with van der Waals surface area (Å²) >= 11 is 2.93. The average Bonchev–Trinajstić information content (AvgIpc) is 2.39. The number of rotatable bonds is 6. The maximum atomic E-state index is 13.4. The Balaban J connectivity index is 2.96. The molecule has 0 bridgehead atoms. The highest BCUT2D eigenvalue weighted by molar-refractivity contribution is 9.10. The fourth-order valence-electron chi connectivity index (χ4n) is 1.64. The molecule has 0 aromatic heterocycles. The van der Waals surface area contributed by atoms with E-state index < -0.39 is 28.3 Å². The van der Waals surface area contributed by atoms with E-state index >= 15 is 0 Å². The van der Waals surface area contributed by atoms with Crippen molar-refractivity contribution in [2.75, 3.05) is 13.6 Å². The van der Waals surface area contributed by atoms with E-state index in [0.29, 0.717) is 6.07 Å². The van der Waals surface area contributed by atoms with E-state index in [1.165, 1.54) is 11.9 Å². The van der Waals surface area contributed by atoms with Gasteiger partial charge in [0.05, 0.1) is 16.6 Å². The SMILES string of the molecule is CN(CCCC(=O)O)C(=O)c1cc(F)cc([N+](=O)[O-])c1Br. The Morgan fingerprint density at radius 1 is 1.48 bits per heavy atom. The first kappa shape index (κ1) is 17.0. The number of hydrogen-bond donors (Lipinski definition) is 1. The molecule has 0 heterocycles. The van der Waals surface area contributed by atoms with Crippen LogP contribution in [-0.2, 0) is 4.79 Å². The first-order valence-corrected chi connectivity index (χ1v) is 6.64. The van der Waals surface area contributed by atoms with E-state index in [2.05, 4.69) is 15.9 Å². The quantitative estimate of drug-likeness (QED) is 0.618. The number of nitrogens with zero attached hydrogens (tertiary/aromatic N) is 2. The molecule has 0 saturated heterocycles. The van der Waals surface area contributed by atoms with Crippen LogP contribution in [-0.4, -0.2) is 40.4 Å². The molecule has 1 N–H and O–H groups in total. The summed E-state index contributed by atoms with van der Waals surface area (Å²) < 4.78 is 13.3. The van der Waals surface area contributed by atoms with Crippen LogP contribution in [0.4, 0.5) is 10.1 Å². The molecule has 0 spiro atoms. The Bertz CT molecular complexity index is 593. The summed E-state index contributed by atoms with van der Waals surface area (Å²) in [7, 11) is 1.41. The van der Waals surface area contributed by atoms with Crippen molar-refractivity contribution in [1.82, 2.24) is 4.90 Å². The molecule has 1 rings (SSSR count). The number of carbonyl (C=O) groups is 2. The van der Waals surface area contributed by atoms with Gasteiger partial charge >= 0.3 is 5.97 Å². The normalized spacial score (nSPS) is 10.2. The lowest BCUT2D eigenvalue weighted by atomic mass is 10.1. The van der Waals surface area contributed by atoms with Crippen molar-refractivity contribution >= 4 is 33.5 Å². The largest absolute Gasteiger partial charge is 0.481 e. The number of carboxylic acid groups (broad SMARTS) is 1. The third kappa shape index (κ3) is 4.48. The summed E-state index contributed by atoms with van der Waals surface area (Å²) in [5.74, 6) is -2.51. The van der Waals surface area contributed by atoms with Crippen molar-refractivity contribution in [2.24, 2.45) is 0 Å². The van der Waals surface area contributed by atoms with Gasteiger partial charge in [-0.3, -0.25) is 19.7 Å². The third-order valence-corrected chi connectivity index (χ3v) is 3.51. The molecule has 0 atom stereocenters. The number of nitro benzene ring substituents is 1. The fourth-order valence-corrected chi connectivity index (χ4v) is 2.18. The van der Waals surface area contributed by atoms with Gasteiger partial charge in [0.25, 0.3) is 11.6 Å². The molecule has 1 aromatic carbocycles. The Kier molecular flexibility index (Phi) is 5.77. The molecule has 0 saturated carbocycles. The molecule has 0 fully saturated rings. The number of halogens is 2. The fraction of sp³-hybridized carbons (Fsp3) is 0.333. The standard InChI is InChI=1S/C12H12BrFN2O5/c1-15(4-2-3-10(17)18)12(19)8-5-7(14)6-9(11(8)13)16(20)21/h5-6H,2-4H2,1H3,(H,17,18). The van der Waals surface area contributed by atoms with Gasteiger partial charge in [-0.2, -0.15) is 0 Å². The minimum Gasteiger partial charge on any atom is -0.481 e. The molecule has 0 aliphatic carbocycles. The van der Waals surface area contributed by atoms with E-state index in [1.54, 1.807) is 0 Å². The minimum absolute atomic E-state index is 0.107. The minimum atomic E-state index is -0.988. The molecule has 0 unspecified atom stereocenters. The summed E-state index contributed by atoms with van der Waals surface area (Å²) in [5.41, 5.74) is -0.725. The van der Waals surface area contributed by atoms with Gasteiger partial charge in [-0.05, 0) is 28.4 Å². The Labute approximate surface area is 127 Å². The molecular weight excluding hydrogens is 351 g/mol. The van der Waals surface area contributed by atoms with Crippen LogP contribution in [0.1, 0.15) is 23.2 Å². The molecule has 1 amide bonds. The van der Waals surface area contributed by atoms with Crippen molar-refractivity contribution in [1.29, 1.82) is 0 Å². The summed E-state index contributed by atoms with van der Waals surface area (Å²) in [4.78, 5) is 33.7. The molecule has 0 radical (unpaired) electrons. The highest BCUT2D eigenvalue weighted by Crippen LogP contribution is 2.30. The van der Waals surface area contributed by atoms with Gasteiger partial charge in [-0.15, -0.1) is 0 Å². The highest BCUT2D eigenvalue weighted by Gasteiger charge is 2.24. The van der Waals surface area contributed by atoms with E-state index in [4.69, 9.17) is 5.11 Å². The number of nitro groups is 1. The molecular formula is C12H12BrFN2O5. The van der Waals surface area contributed by atoms with Crippen molar-refractivity contribution in [3.63, 3.8) is 0 Å². The van der Waals surface area contributed by atoms with Crippen LogP contribution in [0.2, 0.25) is 0 Å². The van der Waals surface area contributed by atoms with Crippen LogP contribution in [0.5, 0.6) is 0 Å². The first-order chi connectivity index (χ1) is 9.73. The van der Waals surface area contributed by atoms with Crippen LogP contribution in [0.3, 0.4) is 0 Å². The number of carboxylic acids is 1. The van der Waals surface area contributed by atoms with Gasteiger partial charge < -0.3 is 10.0 Å². The maximum absolute atomic E-state index is 13.4. The molecule has 7 nitrogen and oxygen atoms in total. The lowest BCUT2D eigenvalue weighted by Gasteiger charge is -2.17. The first-order valence-electron chi connectivity index (χ1n) is 5.84. The molecule has 114 valence electrons. The van der Waals surface area contributed by atoms with Crippen molar-refractivity contribution in [3.05, 3.63) is 38.1 Å². The van der Waals surface area contributed by atoms with E-state index in [1.807, 2.05) is 0 Å². The number of amides is 1. The zero-order valence-corrected chi connectivity index (χ0v) is 12.6. The average molecular weight is 363 g/mol. The highest BCUT2D eigenvalue weighted by atomic mass is 79.9. The molecule has 9 heteroatoms. The Morgan fingerprint density at radius 2 is 2.10 bits per heavy atom. The summed E-state index contributed by atoms with van der Waals surface area (Å²) in [5, 5.41) is 19.3. The van der Waals surface area contributed by atoms with E-state index in [9.17, 15) is 24.1 Å². The van der Waals surface area contributed by atoms with Crippen LogP contribution < -0.4 is 0 Å². The van der Waals surface area contributed by atoms with Gasteiger partial charge in [0.15, 0.2) is 0 Å². The second-order valence-corrected chi connectivity index (χ2v) is 5.06. The van der Waals surface area contributed by atoms with Gasteiger partial charge in [0.1, 0.15) is 10.3 Å². The lowest BCUT2D eigenvalue weighted by molar-refractivity contribution is -0.385. The van der Waals surface area contributed by atoms with Crippen LogP contribution in [0.25, 0.3) is 0 Å². The van der Waals surface area contributed by atoms with Crippen LogP contribution in [0, 0.1) is 15.9 Å². The van der Waals surface area contributed by atoms with E-state index in [0.717, 1.165) is 6.07 Å². The number of hydrogen-bond acceptors (Lipinski definition) is 4. The molecule has 21 heavy (non-hydrogen) atoms. The maximum Gasteiger partial charge on any atom is 0.303 e. The van der Waals surface area contributed by atoms with E-state index in [-0.39, 0.29) is 29.4 Å². The predicted molar refractivity (Wildman–Crippen MR) is 74.6 cm³/mol. The van der Waals surface area contributed by atoms with Gasteiger partial charge in [0.2, 0.25) is 0 Å². The van der Waals surface area contributed by atoms with Gasteiger partial charge in [0, 0.05) is 20.0 Å². The summed E-state index contributed by atoms with van der Waals surface area (Å²) in [6.07, 6.45) is 0.120. The number of benzene rings is 1. The van der Waals surface area contributed by atoms with Gasteiger partial charge in [-0.1, -0.05) is 0 Å². The lowest BCUT2D eigenvalue weighted by Crippen LogP contribution is -2.28. The Hall–Kier alpha value is -2.03. The summed E-state index contributed by atoms with van der Waals surface area (Å²) in [6.45, 7) is 0.141. The molecule has 0 aliphatic rings. The van der Waals surface area contributed by atoms with Crippen molar-refractivity contribution in [2.45, 2.75) is 12.8 Å². The topological polar surface area (TPSA) is 101 Å².